The van der Waals surface area contributed by atoms with Crippen molar-refractivity contribution in [2.24, 2.45) is 0 Å². The van der Waals surface area contributed by atoms with Crippen LogP contribution >= 0.6 is 39.1 Å². The molecule has 0 aliphatic carbocycles. The normalized spacial score (nSPS) is 10.6. The lowest BCUT2D eigenvalue weighted by Gasteiger charge is -2.10. The number of benzene rings is 3. The van der Waals surface area contributed by atoms with Gasteiger partial charge in [0.05, 0.1) is 51.9 Å². The number of hydrogen-bond donors (Lipinski definition) is 3. The van der Waals surface area contributed by atoms with Gasteiger partial charge in [0, 0.05) is 16.2 Å². The maximum Gasteiger partial charge on any atom is 0.259 e. The Bertz CT molecular complexity index is 1400. The minimum absolute atomic E-state index is 0.152. The van der Waals surface area contributed by atoms with E-state index in [4.69, 9.17) is 33.2 Å². The zero-order chi connectivity index (χ0) is 23.5. The number of anilines is 3. The molecule has 1 amide bonds. The summed E-state index contributed by atoms with van der Waals surface area (Å²) in [5.41, 5.74) is 3.25. The third kappa shape index (κ3) is 4.91. The fourth-order valence-corrected chi connectivity index (χ4v) is 4.02. The predicted octanol–water partition coefficient (Wildman–Crippen LogP) is 6.70. The number of fused-ring (bicyclic) bond motifs is 1. The number of carbonyl (C=O) groups is 1. The number of imidazole rings is 1. The van der Waals surface area contributed by atoms with Gasteiger partial charge in [-0.3, -0.25) is 4.79 Å². The number of halogens is 3. The first-order chi connectivity index (χ1) is 15.9. The van der Waals surface area contributed by atoms with E-state index < -0.39 is 0 Å². The minimum atomic E-state index is -0.330. The molecule has 0 atom stereocenters. The molecule has 10 heteroatoms. The van der Waals surface area contributed by atoms with Gasteiger partial charge >= 0.3 is 0 Å². The van der Waals surface area contributed by atoms with E-state index in [1.54, 1.807) is 36.4 Å². The number of rotatable bonds is 6. The lowest BCUT2D eigenvalue weighted by molar-refractivity contribution is 0.102. The van der Waals surface area contributed by atoms with Crippen molar-refractivity contribution in [2.75, 3.05) is 17.7 Å². The molecule has 4 aromatic rings. The molecule has 0 saturated heterocycles. The van der Waals surface area contributed by atoms with Crippen molar-refractivity contribution in [3.05, 3.63) is 74.2 Å². The molecule has 4 rings (SSSR count). The van der Waals surface area contributed by atoms with Crippen LogP contribution in [-0.4, -0.2) is 23.0 Å². The number of hydrogen-bond acceptors (Lipinski definition) is 5. The summed E-state index contributed by atoms with van der Waals surface area (Å²) in [5.74, 6) is 0.429. The smallest absolute Gasteiger partial charge is 0.259 e. The van der Waals surface area contributed by atoms with E-state index in [1.165, 1.54) is 7.11 Å². The molecule has 0 aliphatic heterocycles. The fourth-order valence-electron chi connectivity index (χ4n) is 3.22. The quantitative estimate of drug-likeness (QED) is 0.250. The predicted molar refractivity (Wildman–Crippen MR) is 134 cm³/mol. The highest BCUT2D eigenvalue weighted by Gasteiger charge is 2.18. The van der Waals surface area contributed by atoms with Crippen LogP contribution < -0.4 is 15.4 Å². The van der Waals surface area contributed by atoms with E-state index in [2.05, 4.69) is 42.6 Å². The zero-order valence-corrected chi connectivity index (χ0v) is 20.3. The van der Waals surface area contributed by atoms with Crippen LogP contribution in [0.3, 0.4) is 0 Å². The van der Waals surface area contributed by atoms with Gasteiger partial charge in [-0.05, 0) is 42.0 Å². The summed E-state index contributed by atoms with van der Waals surface area (Å²) in [6.07, 6.45) is 0.152. The third-order valence-electron chi connectivity index (χ3n) is 4.83. The number of amides is 1. The summed E-state index contributed by atoms with van der Waals surface area (Å²) >= 11 is 16.1. The summed E-state index contributed by atoms with van der Waals surface area (Å²) in [6.45, 7) is 0. The number of nitrogens with one attached hydrogen (secondary N) is 3. The number of nitrogens with zero attached hydrogens (tertiary/aromatic N) is 2. The number of carbonyl (C=O) groups excluding carboxylic acids is 1. The third-order valence-corrected chi connectivity index (χ3v) is 6.11. The van der Waals surface area contributed by atoms with E-state index in [9.17, 15) is 4.79 Å². The van der Waals surface area contributed by atoms with Gasteiger partial charge in [0.1, 0.15) is 5.75 Å². The van der Waals surface area contributed by atoms with Crippen LogP contribution in [0.5, 0.6) is 5.75 Å². The summed E-state index contributed by atoms with van der Waals surface area (Å²) in [7, 11) is 1.49. The molecule has 0 spiro atoms. The molecule has 0 bridgehead atoms. The number of aromatic amines is 1. The van der Waals surface area contributed by atoms with Gasteiger partial charge in [0.15, 0.2) is 0 Å². The number of H-pyrrole nitrogens is 1. The van der Waals surface area contributed by atoms with Crippen molar-refractivity contribution < 1.29 is 9.53 Å². The Morgan fingerprint density at radius 3 is 2.67 bits per heavy atom. The number of ether oxygens (including phenoxy) is 1. The molecular weight excluding hydrogens is 529 g/mol. The Balaban J connectivity index is 1.66. The van der Waals surface area contributed by atoms with Gasteiger partial charge in [-0.2, -0.15) is 5.26 Å². The van der Waals surface area contributed by atoms with E-state index in [1.807, 2.05) is 12.1 Å². The molecule has 1 aromatic heterocycles. The molecule has 166 valence electrons. The Morgan fingerprint density at radius 1 is 1.21 bits per heavy atom. The van der Waals surface area contributed by atoms with Crippen molar-refractivity contribution in [2.45, 2.75) is 6.42 Å². The largest absolute Gasteiger partial charge is 0.496 e. The average molecular weight is 545 g/mol. The van der Waals surface area contributed by atoms with Crippen molar-refractivity contribution in [1.82, 2.24) is 9.97 Å². The zero-order valence-electron chi connectivity index (χ0n) is 17.2. The highest BCUT2D eigenvalue weighted by Crippen LogP contribution is 2.36. The number of methoxy groups -OCH3 is 1. The minimum Gasteiger partial charge on any atom is -0.496 e. The molecule has 7 nitrogen and oxygen atoms in total. The monoisotopic (exact) mass is 543 g/mol. The number of aromatic nitrogens is 2. The van der Waals surface area contributed by atoms with Crippen LogP contribution in [0.2, 0.25) is 10.0 Å². The molecule has 0 radical (unpaired) electrons. The van der Waals surface area contributed by atoms with Gasteiger partial charge in [0.25, 0.3) is 5.91 Å². The van der Waals surface area contributed by atoms with Crippen LogP contribution in [0, 0.1) is 11.3 Å². The first-order valence-corrected chi connectivity index (χ1v) is 11.2. The lowest BCUT2D eigenvalue weighted by Crippen LogP contribution is -2.13. The number of nitriles is 1. The first-order valence-electron chi connectivity index (χ1n) is 9.65. The molecule has 33 heavy (non-hydrogen) atoms. The highest BCUT2D eigenvalue weighted by atomic mass is 79.9. The Hall–Kier alpha value is -3.25. The van der Waals surface area contributed by atoms with E-state index in [0.717, 1.165) is 4.47 Å². The molecule has 0 saturated carbocycles. The second kappa shape index (κ2) is 9.71. The Kier molecular flexibility index (Phi) is 6.75. The Morgan fingerprint density at radius 2 is 1.97 bits per heavy atom. The topological polar surface area (TPSA) is 103 Å². The maximum absolute atomic E-state index is 12.9. The SMILES string of the molecule is COc1cc2[nH]c(Nc3c(Cl)ccc(CC#N)c3Cl)nc2cc1C(=O)Nc1ccc(Br)cc1. The maximum atomic E-state index is 12.9. The average Bonchev–Trinajstić information content (AvgIpc) is 3.20. The van der Waals surface area contributed by atoms with E-state index in [-0.39, 0.29) is 12.3 Å². The molecule has 3 aromatic carbocycles. The van der Waals surface area contributed by atoms with E-state index in [0.29, 0.717) is 55.3 Å². The fraction of sp³-hybridized carbons (Fsp3) is 0.0870. The van der Waals surface area contributed by atoms with E-state index >= 15 is 0 Å². The van der Waals surface area contributed by atoms with Crippen LogP contribution in [0.15, 0.2) is 53.0 Å². The summed E-state index contributed by atoms with van der Waals surface area (Å²) in [4.78, 5) is 20.5. The summed E-state index contributed by atoms with van der Waals surface area (Å²) < 4.78 is 6.34. The summed E-state index contributed by atoms with van der Waals surface area (Å²) in [6, 6.07) is 16.0. The van der Waals surface area contributed by atoms with Crippen LogP contribution in [0.25, 0.3) is 11.0 Å². The van der Waals surface area contributed by atoms with Crippen molar-refractivity contribution in [3.8, 4) is 11.8 Å². The standard InChI is InChI=1S/C23H16BrCl2N5O2/c1-33-19-11-18-17(10-15(19)22(32)28-14-5-3-13(24)4-6-14)29-23(30-18)31-21-16(25)7-2-12(8-9-27)20(21)26/h2-7,10-11H,8H2,1H3,(H,28,32)(H2,29,30,31). The van der Waals surface area contributed by atoms with Gasteiger partial charge < -0.3 is 20.4 Å². The molecule has 3 N–H and O–H groups in total. The van der Waals surface area contributed by atoms with Gasteiger partial charge in [-0.25, -0.2) is 4.98 Å². The van der Waals surface area contributed by atoms with Crippen molar-refractivity contribution in [1.29, 1.82) is 5.26 Å². The first kappa shape index (κ1) is 22.9. The van der Waals surface area contributed by atoms with Crippen molar-refractivity contribution >= 4 is 73.4 Å². The van der Waals surface area contributed by atoms with Crippen molar-refractivity contribution in [3.63, 3.8) is 0 Å². The van der Waals surface area contributed by atoms with Gasteiger partial charge in [0.2, 0.25) is 5.95 Å². The second-order valence-corrected chi connectivity index (χ2v) is 8.67. The highest BCUT2D eigenvalue weighted by molar-refractivity contribution is 9.10. The van der Waals surface area contributed by atoms with Crippen LogP contribution in [-0.2, 0) is 6.42 Å². The summed E-state index contributed by atoms with van der Waals surface area (Å²) in [5, 5.41) is 15.6. The van der Waals surface area contributed by atoms with Crippen LogP contribution in [0.4, 0.5) is 17.3 Å². The Labute approximate surface area is 207 Å². The second-order valence-electron chi connectivity index (χ2n) is 6.97. The molecule has 1 heterocycles. The van der Waals surface area contributed by atoms with Gasteiger partial charge in [-0.1, -0.05) is 45.2 Å². The lowest BCUT2D eigenvalue weighted by atomic mass is 10.1. The molecular formula is C23H16BrCl2N5O2. The molecule has 0 aliphatic rings. The molecule has 0 fully saturated rings. The van der Waals surface area contributed by atoms with Gasteiger partial charge in [-0.15, -0.1) is 0 Å². The molecule has 0 unspecified atom stereocenters. The van der Waals surface area contributed by atoms with Crippen LogP contribution in [0.1, 0.15) is 15.9 Å².